The van der Waals surface area contributed by atoms with Crippen LogP contribution in [0.3, 0.4) is 0 Å². The molecular weight excluding hydrogens is 321 g/mol. The number of carbonyl (C=O) groups excluding carboxylic acids is 2. The number of imide groups is 1. The Morgan fingerprint density at radius 3 is 2.05 bits per heavy atom. The van der Waals surface area contributed by atoms with Crippen molar-refractivity contribution in [2.24, 2.45) is 29.1 Å². The molecule has 5 heteroatoms. The van der Waals surface area contributed by atoms with Gasteiger partial charge >= 0.3 is 0 Å². The number of halogens is 2. The highest BCUT2D eigenvalue weighted by Crippen LogP contribution is 2.73. The fraction of sp³-hybridized carbons (Fsp3) is 0.412. The van der Waals surface area contributed by atoms with Crippen molar-refractivity contribution in [2.45, 2.75) is 12.8 Å². The van der Waals surface area contributed by atoms with Crippen LogP contribution in [0, 0.1) is 29.1 Å². The van der Waals surface area contributed by atoms with Gasteiger partial charge in [-0.3, -0.25) is 9.59 Å². The highest BCUT2D eigenvalue weighted by atomic mass is 35.5. The Kier molecular flexibility index (Phi) is 2.36. The lowest BCUT2D eigenvalue weighted by atomic mass is 9.85. The molecule has 4 atom stereocenters. The average Bonchev–Trinajstić information content (AvgIpc) is 3.08. The first-order valence-electron chi connectivity index (χ1n) is 7.56. The molecule has 2 bridgehead atoms. The predicted molar refractivity (Wildman–Crippen MR) is 83.7 cm³/mol. The third-order valence-electron chi connectivity index (χ3n) is 6.01. The van der Waals surface area contributed by atoms with Gasteiger partial charge in [0.15, 0.2) is 0 Å². The van der Waals surface area contributed by atoms with Crippen molar-refractivity contribution < 1.29 is 9.59 Å². The van der Waals surface area contributed by atoms with Crippen LogP contribution in [0.25, 0.3) is 0 Å². The van der Waals surface area contributed by atoms with E-state index in [9.17, 15) is 9.59 Å². The first-order valence-corrected chi connectivity index (χ1v) is 8.31. The number of hydrogen-bond donors (Lipinski definition) is 0. The summed E-state index contributed by atoms with van der Waals surface area (Å²) in [5.74, 6) is -0.0228. The van der Waals surface area contributed by atoms with Crippen LogP contribution in [0.4, 0.5) is 5.69 Å². The van der Waals surface area contributed by atoms with Gasteiger partial charge in [0.25, 0.3) is 0 Å². The fourth-order valence-corrected chi connectivity index (χ4v) is 5.25. The molecule has 0 aromatic heterocycles. The molecule has 1 aromatic rings. The molecule has 3 fully saturated rings. The SMILES string of the molecule is O=C1[C@@H]2[C@@H](C(=O)N1c1ccc(Cl)c(Cl)c1)[C@H]1C=C[C@H]2C12CC2. The third-order valence-corrected chi connectivity index (χ3v) is 6.75. The van der Waals surface area contributed by atoms with Crippen LogP contribution in [0.2, 0.25) is 10.0 Å². The summed E-state index contributed by atoms with van der Waals surface area (Å²) in [7, 11) is 0. The molecule has 0 N–H and O–H groups in total. The highest BCUT2D eigenvalue weighted by molar-refractivity contribution is 6.42. The van der Waals surface area contributed by atoms with E-state index >= 15 is 0 Å². The molecule has 0 unspecified atom stereocenters. The van der Waals surface area contributed by atoms with Crippen LogP contribution in [0.15, 0.2) is 30.4 Å². The lowest BCUT2D eigenvalue weighted by Gasteiger charge is -2.22. The van der Waals surface area contributed by atoms with Crippen molar-refractivity contribution in [2.75, 3.05) is 4.90 Å². The molecule has 1 aromatic carbocycles. The molecule has 1 saturated heterocycles. The van der Waals surface area contributed by atoms with E-state index in [0.29, 0.717) is 15.7 Å². The summed E-state index contributed by atoms with van der Waals surface area (Å²) in [6.07, 6.45) is 6.63. The Hall–Kier alpha value is -1.32. The van der Waals surface area contributed by atoms with Crippen molar-refractivity contribution >= 4 is 40.7 Å². The summed E-state index contributed by atoms with van der Waals surface area (Å²) >= 11 is 12.0. The lowest BCUT2D eigenvalue weighted by Crippen LogP contribution is -2.34. The molecule has 0 radical (unpaired) electrons. The molecule has 2 saturated carbocycles. The van der Waals surface area contributed by atoms with Gasteiger partial charge in [-0.25, -0.2) is 4.90 Å². The second-order valence-electron chi connectivity index (χ2n) is 6.83. The summed E-state index contributed by atoms with van der Waals surface area (Å²) in [4.78, 5) is 27.1. The summed E-state index contributed by atoms with van der Waals surface area (Å²) in [5.41, 5.74) is 0.757. The number of fused-ring (bicyclic) bond motifs is 3. The van der Waals surface area contributed by atoms with Crippen molar-refractivity contribution in [1.29, 1.82) is 0 Å². The quantitative estimate of drug-likeness (QED) is 0.580. The van der Waals surface area contributed by atoms with E-state index in [1.54, 1.807) is 18.2 Å². The van der Waals surface area contributed by atoms with Gasteiger partial charge < -0.3 is 0 Å². The van der Waals surface area contributed by atoms with Gasteiger partial charge in [0.05, 0.1) is 27.6 Å². The van der Waals surface area contributed by atoms with E-state index < -0.39 is 0 Å². The summed E-state index contributed by atoms with van der Waals surface area (Å²) in [6.45, 7) is 0. The van der Waals surface area contributed by atoms with Crippen molar-refractivity contribution in [1.82, 2.24) is 0 Å². The number of allylic oxidation sites excluding steroid dienone is 2. The molecule has 1 heterocycles. The Bertz CT molecular complexity index is 734. The van der Waals surface area contributed by atoms with Gasteiger partial charge in [-0.2, -0.15) is 0 Å². The summed E-state index contributed by atoms with van der Waals surface area (Å²) in [6, 6.07) is 4.92. The zero-order chi connectivity index (χ0) is 15.2. The Balaban J connectivity index is 1.57. The second kappa shape index (κ2) is 3.95. The van der Waals surface area contributed by atoms with Crippen LogP contribution in [-0.4, -0.2) is 11.8 Å². The minimum absolute atomic E-state index is 0.0727. The average molecular weight is 334 g/mol. The van der Waals surface area contributed by atoms with Gasteiger partial charge in [0, 0.05) is 0 Å². The maximum absolute atomic E-state index is 12.9. The zero-order valence-corrected chi connectivity index (χ0v) is 13.1. The third kappa shape index (κ3) is 1.35. The smallest absolute Gasteiger partial charge is 0.238 e. The first kappa shape index (κ1) is 13.1. The summed E-state index contributed by atoms with van der Waals surface area (Å²) < 4.78 is 0. The molecule has 1 spiro atoms. The van der Waals surface area contributed by atoms with E-state index in [2.05, 4.69) is 12.2 Å². The van der Waals surface area contributed by atoms with Crippen LogP contribution in [0.1, 0.15) is 12.8 Å². The largest absolute Gasteiger partial charge is 0.274 e. The van der Waals surface area contributed by atoms with Crippen molar-refractivity contribution in [3.63, 3.8) is 0 Å². The molecule has 22 heavy (non-hydrogen) atoms. The van der Waals surface area contributed by atoms with Gasteiger partial charge in [-0.1, -0.05) is 35.4 Å². The van der Waals surface area contributed by atoms with E-state index in [-0.39, 0.29) is 40.9 Å². The molecule has 112 valence electrons. The topological polar surface area (TPSA) is 37.4 Å². The van der Waals surface area contributed by atoms with Crippen LogP contribution >= 0.6 is 23.2 Å². The minimum Gasteiger partial charge on any atom is -0.274 e. The van der Waals surface area contributed by atoms with Gasteiger partial charge in [0.2, 0.25) is 11.8 Å². The first-order chi connectivity index (χ1) is 10.5. The number of carbonyl (C=O) groups is 2. The van der Waals surface area contributed by atoms with Gasteiger partial charge in [0.1, 0.15) is 0 Å². The van der Waals surface area contributed by atoms with Crippen LogP contribution in [0.5, 0.6) is 0 Å². The van der Waals surface area contributed by atoms with E-state index in [4.69, 9.17) is 23.2 Å². The molecule has 1 aliphatic heterocycles. The minimum atomic E-state index is -0.181. The number of amides is 2. The molecule has 3 aliphatic carbocycles. The number of rotatable bonds is 1. The predicted octanol–water partition coefficient (Wildman–Crippen LogP) is 3.70. The zero-order valence-electron chi connectivity index (χ0n) is 11.6. The number of hydrogen-bond acceptors (Lipinski definition) is 2. The van der Waals surface area contributed by atoms with Gasteiger partial charge in [-0.15, -0.1) is 0 Å². The normalized spacial score (nSPS) is 36.5. The number of nitrogens with zero attached hydrogens (tertiary/aromatic N) is 1. The lowest BCUT2D eigenvalue weighted by molar-refractivity contribution is -0.123. The Morgan fingerprint density at radius 2 is 1.55 bits per heavy atom. The molecule has 3 nitrogen and oxygen atoms in total. The fourth-order valence-electron chi connectivity index (χ4n) is 4.96. The van der Waals surface area contributed by atoms with Crippen LogP contribution in [-0.2, 0) is 9.59 Å². The summed E-state index contributed by atoms with van der Waals surface area (Å²) in [5, 5.41) is 0.778. The Labute approximate surface area is 137 Å². The Morgan fingerprint density at radius 1 is 0.955 bits per heavy atom. The van der Waals surface area contributed by atoms with Crippen LogP contribution < -0.4 is 4.90 Å². The van der Waals surface area contributed by atoms with E-state index in [1.165, 1.54) is 4.90 Å². The molecule has 5 rings (SSSR count). The van der Waals surface area contributed by atoms with Crippen molar-refractivity contribution in [3.8, 4) is 0 Å². The molecule has 4 aliphatic rings. The second-order valence-corrected chi connectivity index (χ2v) is 7.65. The maximum atomic E-state index is 12.9. The molecule has 2 amide bonds. The van der Waals surface area contributed by atoms with E-state index in [1.807, 2.05) is 0 Å². The van der Waals surface area contributed by atoms with Gasteiger partial charge in [-0.05, 0) is 48.3 Å². The number of benzene rings is 1. The van der Waals surface area contributed by atoms with E-state index in [0.717, 1.165) is 12.8 Å². The number of anilines is 1. The maximum Gasteiger partial charge on any atom is 0.238 e. The molecular formula is C17H13Cl2NO2. The van der Waals surface area contributed by atoms with Crippen molar-refractivity contribution in [3.05, 3.63) is 40.4 Å². The monoisotopic (exact) mass is 333 g/mol. The highest BCUT2D eigenvalue weighted by Gasteiger charge is 2.73. The standard InChI is InChI=1S/C17H13Cl2NO2/c18-11-4-1-8(7-12(11)19)20-15(21)13-9-2-3-10(14(13)16(20)22)17(9)5-6-17/h1-4,7,9-10,13-14H,5-6H2/t9-,10-,13+,14+/m1/s1.